The number of nitrogens with zero attached hydrogens (tertiary/aromatic N) is 3. The molecule has 21 heavy (non-hydrogen) atoms. The average Bonchev–Trinajstić information content (AvgIpc) is 2.46. The SMILES string of the molecule is CC1(C)CC(=NO)c2cc(-c3ccc(Br)cc3)nnc2C1. The highest BCUT2D eigenvalue weighted by Gasteiger charge is 2.31. The van der Waals surface area contributed by atoms with E-state index in [-0.39, 0.29) is 5.41 Å². The van der Waals surface area contributed by atoms with Crippen molar-refractivity contribution in [3.8, 4) is 11.3 Å². The Kier molecular flexibility index (Phi) is 3.53. The predicted molar refractivity (Wildman–Crippen MR) is 85.6 cm³/mol. The zero-order valence-electron chi connectivity index (χ0n) is 12.0. The van der Waals surface area contributed by atoms with Gasteiger partial charge in [-0.15, -0.1) is 0 Å². The maximum atomic E-state index is 9.30. The lowest BCUT2D eigenvalue weighted by molar-refractivity contribution is 0.305. The first-order valence-corrected chi connectivity index (χ1v) is 7.62. The van der Waals surface area contributed by atoms with Gasteiger partial charge in [-0.1, -0.05) is 47.1 Å². The van der Waals surface area contributed by atoms with Crippen molar-refractivity contribution in [2.75, 3.05) is 0 Å². The van der Waals surface area contributed by atoms with Gasteiger partial charge in [-0.3, -0.25) is 0 Å². The van der Waals surface area contributed by atoms with E-state index in [0.717, 1.165) is 39.8 Å². The molecule has 1 aliphatic carbocycles. The van der Waals surface area contributed by atoms with Gasteiger partial charge in [0, 0.05) is 15.6 Å². The monoisotopic (exact) mass is 345 g/mol. The van der Waals surface area contributed by atoms with Gasteiger partial charge < -0.3 is 5.21 Å². The van der Waals surface area contributed by atoms with E-state index in [1.54, 1.807) is 0 Å². The molecule has 1 aliphatic rings. The highest BCUT2D eigenvalue weighted by Crippen LogP contribution is 2.35. The van der Waals surface area contributed by atoms with Crippen molar-refractivity contribution in [2.45, 2.75) is 26.7 Å². The van der Waals surface area contributed by atoms with Gasteiger partial charge in [0.1, 0.15) is 0 Å². The minimum Gasteiger partial charge on any atom is -0.411 e. The van der Waals surface area contributed by atoms with Crippen LogP contribution in [0.3, 0.4) is 0 Å². The van der Waals surface area contributed by atoms with E-state index in [9.17, 15) is 5.21 Å². The fraction of sp³-hybridized carbons (Fsp3) is 0.312. The number of rotatable bonds is 1. The van der Waals surface area contributed by atoms with Gasteiger partial charge in [0.25, 0.3) is 0 Å². The molecule has 2 aromatic rings. The molecule has 4 nitrogen and oxygen atoms in total. The van der Waals surface area contributed by atoms with Crippen LogP contribution >= 0.6 is 15.9 Å². The summed E-state index contributed by atoms with van der Waals surface area (Å²) in [7, 11) is 0. The highest BCUT2D eigenvalue weighted by molar-refractivity contribution is 9.10. The number of halogens is 1. The second-order valence-electron chi connectivity index (χ2n) is 6.16. The number of aromatic nitrogens is 2. The fourth-order valence-corrected chi connectivity index (χ4v) is 2.98. The van der Waals surface area contributed by atoms with Gasteiger partial charge in [-0.25, -0.2) is 0 Å². The minimum atomic E-state index is 0.0440. The minimum absolute atomic E-state index is 0.0440. The summed E-state index contributed by atoms with van der Waals surface area (Å²) < 4.78 is 1.02. The molecule has 1 aromatic carbocycles. The van der Waals surface area contributed by atoms with Crippen LogP contribution in [0.15, 0.2) is 40.0 Å². The Morgan fingerprint density at radius 1 is 1.14 bits per heavy atom. The summed E-state index contributed by atoms with van der Waals surface area (Å²) in [6, 6.07) is 9.89. The van der Waals surface area contributed by atoms with Crippen molar-refractivity contribution < 1.29 is 5.21 Å². The van der Waals surface area contributed by atoms with Crippen LogP contribution < -0.4 is 0 Å². The van der Waals surface area contributed by atoms with Gasteiger partial charge >= 0.3 is 0 Å². The number of hydrogen-bond acceptors (Lipinski definition) is 4. The molecule has 3 rings (SSSR count). The molecule has 0 atom stereocenters. The maximum Gasteiger partial charge on any atom is 0.0936 e. The number of fused-ring (bicyclic) bond motifs is 1. The third kappa shape index (κ3) is 2.83. The molecule has 0 bridgehead atoms. The third-order valence-corrected chi connectivity index (χ3v) is 4.26. The van der Waals surface area contributed by atoms with E-state index in [2.05, 4.69) is 45.1 Å². The Morgan fingerprint density at radius 2 is 1.86 bits per heavy atom. The maximum absolute atomic E-state index is 9.30. The first-order valence-electron chi connectivity index (χ1n) is 6.82. The summed E-state index contributed by atoms with van der Waals surface area (Å²) in [5.74, 6) is 0. The van der Waals surface area contributed by atoms with Crippen LogP contribution in [-0.4, -0.2) is 21.1 Å². The van der Waals surface area contributed by atoms with Crippen LogP contribution in [0.4, 0.5) is 0 Å². The summed E-state index contributed by atoms with van der Waals surface area (Å²) in [5.41, 5.74) is 4.33. The number of oxime groups is 1. The molecule has 1 aromatic heterocycles. The van der Waals surface area contributed by atoms with Gasteiger partial charge in [-0.2, -0.15) is 10.2 Å². The molecule has 0 unspecified atom stereocenters. The predicted octanol–water partition coefficient (Wildman–Crippen LogP) is 4.06. The summed E-state index contributed by atoms with van der Waals surface area (Å²) in [4.78, 5) is 0. The number of benzene rings is 1. The van der Waals surface area contributed by atoms with Crippen LogP contribution in [0.1, 0.15) is 31.5 Å². The van der Waals surface area contributed by atoms with E-state index in [4.69, 9.17) is 0 Å². The van der Waals surface area contributed by atoms with Crippen molar-refractivity contribution >= 4 is 21.6 Å². The molecule has 5 heteroatoms. The molecule has 0 saturated carbocycles. The number of hydrogen-bond donors (Lipinski definition) is 1. The van der Waals surface area contributed by atoms with E-state index in [0.29, 0.717) is 5.71 Å². The van der Waals surface area contributed by atoms with E-state index in [1.807, 2.05) is 30.3 Å². The largest absolute Gasteiger partial charge is 0.411 e. The van der Waals surface area contributed by atoms with Crippen molar-refractivity contribution in [1.82, 2.24) is 10.2 Å². The normalized spacial score (nSPS) is 18.5. The Balaban J connectivity index is 2.07. The van der Waals surface area contributed by atoms with Crippen LogP contribution in [0.5, 0.6) is 0 Å². The average molecular weight is 346 g/mol. The van der Waals surface area contributed by atoms with Crippen LogP contribution in [0, 0.1) is 5.41 Å². The van der Waals surface area contributed by atoms with Crippen LogP contribution in [-0.2, 0) is 6.42 Å². The molecule has 0 aliphatic heterocycles. The second kappa shape index (κ2) is 5.22. The summed E-state index contributed by atoms with van der Waals surface area (Å²) in [6.45, 7) is 4.29. The van der Waals surface area contributed by atoms with Crippen molar-refractivity contribution in [2.24, 2.45) is 10.6 Å². The molecule has 0 amide bonds. The van der Waals surface area contributed by atoms with E-state index in [1.165, 1.54) is 0 Å². The zero-order chi connectivity index (χ0) is 15.0. The smallest absolute Gasteiger partial charge is 0.0936 e. The molecular weight excluding hydrogens is 330 g/mol. The van der Waals surface area contributed by atoms with Crippen molar-refractivity contribution in [1.29, 1.82) is 0 Å². The molecule has 0 fully saturated rings. The quantitative estimate of drug-likeness (QED) is 0.626. The summed E-state index contributed by atoms with van der Waals surface area (Å²) in [6.07, 6.45) is 1.58. The standard InChI is InChI=1S/C16H16BrN3O/c1-16(2)8-14-12(15(9-16)20-21)7-13(18-19-14)10-3-5-11(17)6-4-10/h3-7,21H,8-9H2,1-2H3. The summed E-state index contributed by atoms with van der Waals surface area (Å²) >= 11 is 3.42. The van der Waals surface area contributed by atoms with E-state index < -0.39 is 0 Å². The Bertz CT molecular complexity index is 708. The Labute approximate surface area is 132 Å². The lowest BCUT2D eigenvalue weighted by Gasteiger charge is -2.30. The highest BCUT2D eigenvalue weighted by atomic mass is 79.9. The molecule has 0 spiro atoms. The van der Waals surface area contributed by atoms with Gasteiger partial charge in [0.05, 0.1) is 17.1 Å². The molecule has 0 radical (unpaired) electrons. The Hall–Kier alpha value is -1.75. The Morgan fingerprint density at radius 3 is 2.52 bits per heavy atom. The molecule has 1 heterocycles. The van der Waals surface area contributed by atoms with Gasteiger partial charge in [-0.05, 0) is 36.5 Å². The van der Waals surface area contributed by atoms with Gasteiger partial charge in [0.15, 0.2) is 0 Å². The molecule has 1 N–H and O–H groups in total. The lowest BCUT2D eigenvalue weighted by atomic mass is 9.75. The molecule has 108 valence electrons. The second-order valence-corrected chi connectivity index (χ2v) is 7.08. The summed E-state index contributed by atoms with van der Waals surface area (Å²) in [5, 5.41) is 21.5. The van der Waals surface area contributed by atoms with Crippen LogP contribution in [0.25, 0.3) is 11.3 Å². The zero-order valence-corrected chi connectivity index (χ0v) is 13.6. The molecular formula is C16H16BrN3O. The van der Waals surface area contributed by atoms with Gasteiger partial charge in [0.2, 0.25) is 0 Å². The fourth-order valence-electron chi connectivity index (χ4n) is 2.71. The topological polar surface area (TPSA) is 58.4 Å². The lowest BCUT2D eigenvalue weighted by Crippen LogP contribution is -2.28. The first-order chi connectivity index (χ1) is 9.98. The van der Waals surface area contributed by atoms with Crippen molar-refractivity contribution in [3.05, 3.63) is 46.1 Å². The van der Waals surface area contributed by atoms with Crippen molar-refractivity contribution in [3.63, 3.8) is 0 Å². The third-order valence-electron chi connectivity index (χ3n) is 3.73. The van der Waals surface area contributed by atoms with Crippen LogP contribution in [0.2, 0.25) is 0 Å². The molecule has 0 saturated heterocycles. The first kappa shape index (κ1) is 14.2. The van der Waals surface area contributed by atoms with E-state index >= 15 is 0 Å².